The maximum absolute atomic E-state index is 13.2. The number of amides is 1. The van der Waals surface area contributed by atoms with Crippen molar-refractivity contribution in [2.45, 2.75) is 11.3 Å². The summed E-state index contributed by atoms with van der Waals surface area (Å²) in [7, 11) is 1.48. The molecule has 4 rings (SSSR count). The summed E-state index contributed by atoms with van der Waals surface area (Å²) in [5.74, 6) is -0.258. The Morgan fingerprint density at radius 2 is 1.97 bits per heavy atom. The SMILES string of the molecule is COc1ccccc1-n1c(SCC(=O)Nc2cccc(C(F)(F)F)c2)nc2ccsc2c1=O. The summed E-state index contributed by atoms with van der Waals surface area (Å²) >= 11 is 2.25. The molecule has 0 unspecified atom stereocenters. The van der Waals surface area contributed by atoms with Crippen LogP contribution in [0.5, 0.6) is 5.75 Å². The van der Waals surface area contributed by atoms with Gasteiger partial charge >= 0.3 is 6.18 Å². The van der Waals surface area contributed by atoms with Crippen LogP contribution in [0.2, 0.25) is 0 Å². The third-order valence-electron chi connectivity index (χ3n) is 4.58. The van der Waals surface area contributed by atoms with E-state index in [4.69, 9.17) is 4.74 Å². The Hall–Kier alpha value is -3.31. The van der Waals surface area contributed by atoms with Crippen molar-refractivity contribution in [2.75, 3.05) is 18.2 Å². The summed E-state index contributed by atoms with van der Waals surface area (Å²) < 4.78 is 46.0. The van der Waals surface area contributed by atoms with Gasteiger partial charge < -0.3 is 10.1 Å². The number of anilines is 1. The molecule has 0 aliphatic rings. The number of hydrogen-bond donors (Lipinski definition) is 1. The molecule has 6 nitrogen and oxygen atoms in total. The highest BCUT2D eigenvalue weighted by Gasteiger charge is 2.30. The molecule has 0 bridgehead atoms. The van der Waals surface area contributed by atoms with Gasteiger partial charge in [-0.25, -0.2) is 4.98 Å². The fourth-order valence-electron chi connectivity index (χ4n) is 3.12. The van der Waals surface area contributed by atoms with Crippen molar-refractivity contribution in [3.8, 4) is 11.4 Å². The average molecular weight is 492 g/mol. The topological polar surface area (TPSA) is 73.2 Å². The zero-order valence-corrected chi connectivity index (χ0v) is 18.7. The van der Waals surface area contributed by atoms with E-state index in [0.717, 1.165) is 23.9 Å². The van der Waals surface area contributed by atoms with Gasteiger partial charge in [-0.2, -0.15) is 13.2 Å². The Bertz CT molecular complexity index is 1380. The van der Waals surface area contributed by atoms with Crippen molar-refractivity contribution < 1.29 is 22.7 Å². The first-order valence-corrected chi connectivity index (χ1v) is 11.4. The molecule has 1 N–H and O–H groups in total. The number of thioether (sulfide) groups is 1. The number of thiophene rings is 1. The first kappa shape index (κ1) is 22.9. The van der Waals surface area contributed by atoms with Crippen LogP contribution < -0.4 is 15.6 Å². The van der Waals surface area contributed by atoms with Crippen LogP contribution in [0.1, 0.15) is 5.56 Å². The summed E-state index contributed by atoms with van der Waals surface area (Å²) in [4.78, 5) is 30.2. The first-order valence-electron chi connectivity index (χ1n) is 9.51. The van der Waals surface area contributed by atoms with E-state index in [-0.39, 0.29) is 22.2 Å². The minimum absolute atomic E-state index is 0.0267. The van der Waals surface area contributed by atoms with Gasteiger partial charge in [-0.15, -0.1) is 11.3 Å². The predicted octanol–water partition coefficient (Wildman–Crippen LogP) is 5.21. The standard InChI is InChI=1S/C22H16F3N3O3S2/c1-31-17-8-3-2-7-16(17)28-20(30)19-15(9-10-32-19)27-21(28)33-12-18(29)26-14-6-4-5-13(11-14)22(23,24)25/h2-11H,12H2,1H3,(H,26,29). The lowest BCUT2D eigenvalue weighted by molar-refractivity contribution is -0.137. The van der Waals surface area contributed by atoms with Gasteiger partial charge in [0.15, 0.2) is 5.16 Å². The summed E-state index contributed by atoms with van der Waals surface area (Å²) in [6.45, 7) is 0. The van der Waals surface area contributed by atoms with Crippen LogP contribution in [0.25, 0.3) is 15.9 Å². The van der Waals surface area contributed by atoms with Crippen LogP contribution in [0, 0.1) is 0 Å². The van der Waals surface area contributed by atoms with Gasteiger partial charge in [-0.3, -0.25) is 14.2 Å². The number of nitrogens with zero attached hydrogens (tertiary/aromatic N) is 2. The fraction of sp³-hybridized carbons (Fsp3) is 0.136. The van der Waals surface area contributed by atoms with E-state index in [2.05, 4.69) is 10.3 Å². The van der Waals surface area contributed by atoms with E-state index in [1.807, 2.05) is 0 Å². The zero-order chi connectivity index (χ0) is 23.6. The smallest absolute Gasteiger partial charge is 0.416 e. The van der Waals surface area contributed by atoms with Crippen LogP contribution in [0.3, 0.4) is 0 Å². The summed E-state index contributed by atoms with van der Waals surface area (Å²) in [6, 6.07) is 13.0. The van der Waals surface area contributed by atoms with Gasteiger partial charge in [-0.05, 0) is 41.8 Å². The van der Waals surface area contributed by atoms with Crippen molar-refractivity contribution in [3.63, 3.8) is 0 Å². The van der Waals surface area contributed by atoms with Gasteiger partial charge in [0, 0.05) is 5.69 Å². The largest absolute Gasteiger partial charge is 0.495 e. The molecule has 0 aliphatic carbocycles. The van der Waals surface area contributed by atoms with Crippen molar-refractivity contribution >= 4 is 44.9 Å². The molecule has 0 aliphatic heterocycles. The molecule has 2 aromatic carbocycles. The molecule has 4 aromatic rings. The number of alkyl halides is 3. The molecule has 0 spiro atoms. The van der Waals surface area contributed by atoms with Crippen LogP contribution in [-0.2, 0) is 11.0 Å². The number of carbonyl (C=O) groups is 1. The second-order valence-corrected chi connectivity index (χ2v) is 8.62. The van der Waals surface area contributed by atoms with E-state index >= 15 is 0 Å². The molecular formula is C22H16F3N3O3S2. The zero-order valence-electron chi connectivity index (χ0n) is 17.1. The molecular weight excluding hydrogens is 475 g/mol. The highest BCUT2D eigenvalue weighted by Crippen LogP contribution is 2.31. The molecule has 11 heteroatoms. The number of halogens is 3. The van der Waals surface area contributed by atoms with Gasteiger partial charge in [0.1, 0.15) is 10.4 Å². The van der Waals surface area contributed by atoms with Gasteiger partial charge in [-0.1, -0.05) is 30.0 Å². The van der Waals surface area contributed by atoms with E-state index in [0.29, 0.717) is 21.7 Å². The number of methoxy groups -OCH3 is 1. The predicted molar refractivity (Wildman–Crippen MR) is 123 cm³/mol. The number of aromatic nitrogens is 2. The Morgan fingerprint density at radius 3 is 2.73 bits per heavy atom. The second-order valence-electron chi connectivity index (χ2n) is 6.76. The van der Waals surface area contributed by atoms with Crippen LogP contribution >= 0.6 is 23.1 Å². The third-order valence-corrected chi connectivity index (χ3v) is 6.41. The van der Waals surface area contributed by atoms with E-state index < -0.39 is 17.6 Å². The summed E-state index contributed by atoms with van der Waals surface area (Å²) in [5, 5.41) is 4.46. The van der Waals surface area contributed by atoms with Crippen LogP contribution in [-0.4, -0.2) is 28.3 Å². The fourth-order valence-corrected chi connectivity index (χ4v) is 4.68. The number of nitrogens with one attached hydrogen (secondary N) is 1. The van der Waals surface area contributed by atoms with Crippen molar-refractivity contribution in [2.24, 2.45) is 0 Å². The Kier molecular flexibility index (Phi) is 6.43. The maximum Gasteiger partial charge on any atom is 0.416 e. The second kappa shape index (κ2) is 9.28. The molecule has 0 saturated heterocycles. The molecule has 2 heterocycles. The van der Waals surface area contributed by atoms with Crippen LogP contribution in [0.4, 0.5) is 18.9 Å². The Labute approximate surface area is 194 Å². The number of rotatable bonds is 6. The Morgan fingerprint density at radius 1 is 1.18 bits per heavy atom. The molecule has 0 fully saturated rings. The lowest BCUT2D eigenvalue weighted by Gasteiger charge is -2.15. The van der Waals surface area contributed by atoms with Gasteiger partial charge in [0.2, 0.25) is 5.91 Å². The first-order chi connectivity index (χ1) is 15.8. The lowest BCUT2D eigenvalue weighted by atomic mass is 10.2. The number of carbonyl (C=O) groups excluding carboxylic acids is 1. The number of ether oxygens (including phenoxy) is 1. The van der Waals surface area contributed by atoms with Crippen molar-refractivity contribution in [1.29, 1.82) is 0 Å². The number of hydrogen-bond acceptors (Lipinski definition) is 6. The quantitative estimate of drug-likeness (QED) is 0.296. The van der Waals surface area contributed by atoms with Crippen LogP contribution in [0.15, 0.2) is 69.9 Å². The van der Waals surface area contributed by atoms with E-state index in [9.17, 15) is 22.8 Å². The molecule has 2 aromatic heterocycles. The number of benzene rings is 2. The van der Waals surface area contributed by atoms with E-state index in [1.165, 1.54) is 35.1 Å². The number of para-hydroxylation sites is 2. The lowest BCUT2D eigenvalue weighted by Crippen LogP contribution is -2.22. The van der Waals surface area contributed by atoms with Crippen molar-refractivity contribution in [3.05, 3.63) is 75.9 Å². The molecule has 33 heavy (non-hydrogen) atoms. The normalized spacial score (nSPS) is 11.5. The van der Waals surface area contributed by atoms with E-state index in [1.54, 1.807) is 35.7 Å². The molecule has 0 saturated carbocycles. The molecule has 0 atom stereocenters. The highest BCUT2D eigenvalue weighted by molar-refractivity contribution is 7.99. The minimum atomic E-state index is -4.51. The maximum atomic E-state index is 13.2. The molecule has 170 valence electrons. The third kappa shape index (κ3) is 4.88. The highest BCUT2D eigenvalue weighted by atomic mass is 32.2. The Balaban J connectivity index is 1.63. The molecule has 0 radical (unpaired) electrons. The summed E-state index contributed by atoms with van der Waals surface area (Å²) in [6.07, 6.45) is -4.51. The van der Waals surface area contributed by atoms with Gasteiger partial charge in [0.25, 0.3) is 5.56 Å². The van der Waals surface area contributed by atoms with Crippen molar-refractivity contribution in [1.82, 2.24) is 9.55 Å². The number of fused-ring (bicyclic) bond motifs is 1. The minimum Gasteiger partial charge on any atom is -0.495 e. The average Bonchev–Trinajstić information content (AvgIpc) is 3.26. The monoisotopic (exact) mass is 491 g/mol. The van der Waals surface area contributed by atoms with Gasteiger partial charge in [0.05, 0.1) is 29.6 Å². The summed E-state index contributed by atoms with van der Waals surface area (Å²) in [5.41, 5.74) is -0.174. The molecule has 1 amide bonds.